The van der Waals surface area contributed by atoms with Crippen molar-refractivity contribution in [3.63, 3.8) is 0 Å². The van der Waals surface area contributed by atoms with Gasteiger partial charge in [-0.25, -0.2) is 14.5 Å². The van der Waals surface area contributed by atoms with Gasteiger partial charge in [-0.3, -0.25) is 9.48 Å². The van der Waals surface area contributed by atoms with E-state index in [2.05, 4.69) is 25.1 Å². The molecule has 6 heterocycles. The zero-order chi connectivity index (χ0) is 26.2. The van der Waals surface area contributed by atoms with Crippen molar-refractivity contribution in [1.29, 1.82) is 0 Å². The Balaban J connectivity index is 1.34. The van der Waals surface area contributed by atoms with Crippen LogP contribution in [0.25, 0.3) is 17.0 Å². The van der Waals surface area contributed by atoms with Gasteiger partial charge in [0.1, 0.15) is 6.04 Å². The minimum absolute atomic E-state index is 0.0951. The zero-order valence-electron chi connectivity index (χ0n) is 20.1. The lowest BCUT2D eigenvalue weighted by Crippen LogP contribution is -2.41. The van der Waals surface area contributed by atoms with Gasteiger partial charge in [-0.2, -0.15) is 23.4 Å². The van der Waals surface area contributed by atoms with Crippen LogP contribution in [-0.2, 0) is 19.6 Å². The number of aromatic amines is 1. The molecule has 5 aromatic rings. The topological polar surface area (TPSA) is 110 Å². The van der Waals surface area contributed by atoms with Crippen LogP contribution in [0.15, 0.2) is 47.5 Å². The van der Waals surface area contributed by atoms with Gasteiger partial charge in [0.15, 0.2) is 0 Å². The van der Waals surface area contributed by atoms with E-state index in [0.717, 1.165) is 24.6 Å². The minimum Gasteiger partial charge on any atom is -0.430 e. The van der Waals surface area contributed by atoms with Crippen molar-refractivity contribution in [2.75, 3.05) is 6.54 Å². The predicted octanol–water partition coefficient (Wildman–Crippen LogP) is 4.13. The molecule has 1 aliphatic carbocycles. The van der Waals surface area contributed by atoms with Crippen molar-refractivity contribution in [2.45, 2.75) is 37.4 Å². The highest BCUT2D eigenvalue weighted by atomic mass is 19.4. The molecule has 10 nitrogen and oxygen atoms in total. The summed E-state index contributed by atoms with van der Waals surface area (Å²) in [7, 11) is 1.78. The fraction of sp³-hybridized carbons (Fsp3) is 0.320. The molecule has 0 radical (unpaired) electrons. The van der Waals surface area contributed by atoms with Crippen LogP contribution in [0.3, 0.4) is 0 Å². The van der Waals surface area contributed by atoms with Gasteiger partial charge >= 0.3 is 6.18 Å². The van der Waals surface area contributed by atoms with E-state index in [1.807, 2.05) is 0 Å². The van der Waals surface area contributed by atoms with Crippen molar-refractivity contribution in [3.8, 4) is 11.5 Å². The number of hydrogen-bond donors (Lipinski definition) is 1. The van der Waals surface area contributed by atoms with Crippen LogP contribution < -0.4 is 0 Å². The minimum atomic E-state index is -4.55. The summed E-state index contributed by atoms with van der Waals surface area (Å²) in [4.78, 5) is 27.8. The fourth-order valence-electron chi connectivity index (χ4n) is 5.11. The van der Waals surface area contributed by atoms with Gasteiger partial charge in [0.25, 0.3) is 5.91 Å². The van der Waals surface area contributed by atoms with E-state index in [9.17, 15) is 18.0 Å². The lowest BCUT2D eigenvalue weighted by atomic mass is 9.98. The van der Waals surface area contributed by atoms with Crippen molar-refractivity contribution < 1.29 is 22.4 Å². The molecule has 0 saturated heterocycles. The molecule has 13 heteroatoms. The number of nitrogens with zero attached hydrogens (tertiary/aromatic N) is 7. The first-order valence-corrected chi connectivity index (χ1v) is 12.2. The number of halogens is 3. The van der Waals surface area contributed by atoms with Crippen molar-refractivity contribution in [3.05, 3.63) is 77.2 Å². The Morgan fingerprint density at radius 2 is 2.08 bits per heavy atom. The molecule has 7 rings (SSSR count). The average Bonchev–Trinajstić information content (AvgIpc) is 3.29. The highest BCUT2D eigenvalue weighted by Gasteiger charge is 2.42. The largest absolute Gasteiger partial charge is 0.430 e. The molecule has 1 atom stereocenters. The molecule has 5 aromatic heterocycles. The van der Waals surface area contributed by atoms with Gasteiger partial charge in [-0.1, -0.05) is 0 Å². The number of aryl methyl sites for hydroxylation is 1. The molecule has 0 spiro atoms. The number of pyridine rings is 1. The van der Waals surface area contributed by atoms with E-state index in [-0.39, 0.29) is 22.9 Å². The normalized spacial score (nSPS) is 17.8. The molecule has 0 aromatic carbocycles. The van der Waals surface area contributed by atoms with Crippen molar-refractivity contribution in [1.82, 2.24) is 39.2 Å². The Morgan fingerprint density at radius 1 is 1.24 bits per heavy atom. The summed E-state index contributed by atoms with van der Waals surface area (Å²) in [6.45, 7) is 0.297. The van der Waals surface area contributed by atoms with Crippen LogP contribution in [0.4, 0.5) is 13.2 Å². The second kappa shape index (κ2) is 8.04. The Labute approximate surface area is 213 Å². The molecule has 2 aliphatic rings. The van der Waals surface area contributed by atoms with Crippen LogP contribution in [-0.4, -0.2) is 51.7 Å². The first-order chi connectivity index (χ1) is 18.3. The van der Waals surface area contributed by atoms with Crippen molar-refractivity contribution in [2.24, 2.45) is 7.05 Å². The molecule has 0 unspecified atom stereocenters. The molecule has 1 amide bonds. The number of H-pyrrole nitrogens is 1. The zero-order valence-corrected chi connectivity index (χ0v) is 20.1. The number of carbonyl (C=O) groups is 1. The number of nitrogens with one attached hydrogen (secondary N) is 1. The lowest BCUT2D eigenvalue weighted by Gasteiger charge is -2.33. The first-order valence-electron chi connectivity index (χ1n) is 12.2. The number of carbonyl (C=O) groups excluding carboxylic acids is 1. The maximum Gasteiger partial charge on any atom is 0.418 e. The highest BCUT2D eigenvalue weighted by Crippen LogP contribution is 2.44. The summed E-state index contributed by atoms with van der Waals surface area (Å²) >= 11 is 0. The Hall–Kier alpha value is -4.42. The van der Waals surface area contributed by atoms with E-state index in [4.69, 9.17) is 4.42 Å². The standard InChI is InChI=1S/C25H21F3N8O2/c1-34-11-14(10-31-34)23-32-19(13-4-5-13)22(38-23)24(37)35-8-6-16-20(30-12-29-16)21(35)17-9-18-15(25(26,27)28)3-2-7-36(18)33-17/h2-3,7,9-13,21H,4-6,8H2,1H3,(H,29,30)/t21-/m1/s1. The second-order valence-electron chi connectivity index (χ2n) is 9.65. The summed E-state index contributed by atoms with van der Waals surface area (Å²) in [5, 5.41) is 8.61. The van der Waals surface area contributed by atoms with E-state index >= 15 is 0 Å². The van der Waals surface area contributed by atoms with Crippen LogP contribution in [0, 0.1) is 0 Å². The van der Waals surface area contributed by atoms with Crippen LogP contribution in [0.1, 0.15) is 63.7 Å². The summed E-state index contributed by atoms with van der Waals surface area (Å²) in [5.74, 6) is 0.160. The SMILES string of the molecule is Cn1cc(-c2nc(C3CC3)c(C(=O)N3CCc4[nH]cnc4[C@H]3c3cc4c(C(F)(F)F)cccn4n3)o2)cn1. The molecule has 1 aliphatic heterocycles. The second-order valence-corrected chi connectivity index (χ2v) is 9.65. The van der Waals surface area contributed by atoms with Gasteiger partial charge in [0, 0.05) is 44.0 Å². The Morgan fingerprint density at radius 3 is 2.82 bits per heavy atom. The van der Waals surface area contributed by atoms with Gasteiger partial charge in [0.2, 0.25) is 11.7 Å². The number of imidazole rings is 1. The Kier molecular flexibility index (Phi) is 4.81. The van der Waals surface area contributed by atoms with E-state index in [1.165, 1.54) is 29.2 Å². The van der Waals surface area contributed by atoms with Gasteiger partial charge in [-0.15, -0.1) is 0 Å². The monoisotopic (exact) mass is 522 g/mol. The average molecular weight is 522 g/mol. The molecular weight excluding hydrogens is 501 g/mol. The summed E-state index contributed by atoms with van der Waals surface area (Å²) in [6, 6.07) is 2.88. The van der Waals surface area contributed by atoms with Crippen LogP contribution >= 0.6 is 0 Å². The van der Waals surface area contributed by atoms with E-state index in [0.29, 0.717) is 35.8 Å². The highest BCUT2D eigenvalue weighted by molar-refractivity contribution is 5.94. The molecule has 0 bridgehead atoms. The number of amides is 1. The Bertz CT molecular complexity index is 1690. The molecule has 38 heavy (non-hydrogen) atoms. The molecule has 1 N–H and O–H groups in total. The van der Waals surface area contributed by atoms with E-state index in [1.54, 1.807) is 29.0 Å². The third-order valence-corrected chi connectivity index (χ3v) is 7.06. The van der Waals surface area contributed by atoms with Gasteiger partial charge in [-0.05, 0) is 31.0 Å². The quantitative estimate of drug-likeness (QED) is 0.380. The fourth-order valence-corrected chi connectivity index (χ4v) is 5.11. The van der Waals surface area contributed by atoms with Crippen molar-refractivity contribution >= 4 is 11.4 Å². The number of aromatic nitrogens is 7. The van der Waals surface area contributed by atoms with Gasteiger partial charge in [0.05, 0.1) is 46.2 Å². The maximum atomic E-state index is 14.1. The summed E-state index contributed by atoms with van der Waals surface area (Å²) in [5.41, 5.74) is 1.98. The maximum absolute atomic E-state index is 14.1. The number of alkyl halides is 3. The number of oxazole rings is 1. The molecule has 1 saturated carbocycles. The smallest absolute Gasteiger partial charge is 0.418 e. The molecular formula is C25H21F3N8O2. The number of rotatable bonds is 4. The third kappa shape index (κ3) is 3.60. The predicted molar refractivity (Wildman–Crippen MR) is 126 cm³/mol. The molecule has 1 fully saturated rings. The number of fused-ring (bicyclic) bond motifs is 2. The first kappa shape index (κ1) is 22.8. The van der Waals surface area contributed by atoms with Crippen LogP contribution in [0.5, 0.6) is 0 Å². The van der Waals surface area contributed by atoms with Crippen LogP contribution in [0.2, 0.25) is 0 Å². The van der Waals surface area contributed by atoms with Gasteiger partial charge < -0.3 is 14.3 Å². The molecule has 194 valence electrons. The van der Waals surface area contributed by atoms with E-state index < -0.39 is 23.7 Å². The number of hydrogen-bond acceptors (Lipinski definition) is 6. The third-order valence-electron chi connectivity index (χ3n) is 7.06. The summed E-state index contributed by atoms with van der Waals surface area (Å²) in [6.07, 6.45) is 4.10. The lowest BCUT2D eigenvalue weighted by molar-refractivity contribution is -0.136. The summed E-state index contributed by atoms with van der Waals surface area (Å²) < 4.78 is 50.0.